The van der Waals surface area contributed by atoms with Gasteiger partial charge in [-0.2, -0.15) is 0 Å². The van der Waals surface area contributed by atoms with Crippen LogP contribution in [-0.4, -0.2) is 21.3 Å². The Bertz CT molecular complexity index is 540. The van der Waals surface area contributed by atoms with Gasteiger partial charge in [-0.1, -0.05) is 11.6 Å². The summed E-state index contributed by atoms with van der Waals surface area (Å²) >= 11 is 6.27. The highest BCUT2D eigenvalue weighted by atomic mass is 35.5. The van der Waals surface area contributed by atoms with Crippen LogP contribution in [0.1, 0.15) is 17.4 Å². The fraction of sp³-hybridized carbons (Fsp3) is 0.286. The van der Waals surface area contributed by atoms with Crippen LogP contribution >= 0.6 is 11.6 Å². The molecule has 5 heteroatoms. The maximum absolute atomic E-state index is 6.27. The first-order chi connectivity index (χ1) is 9.22. The van der Waals surface area contributed by atoms with Gasteiger partial charge in [0.2, 0.25) is 0 Å². The van der Waals surface area contributed by atoms with Gasteiger partial charge in [0.1, 0.15) is 22.3 Å². The van der Waals surface area contributed by atoms with Crippen molar-refractivity contribution in [1.82, 2.24) is 5.32 Å². The number of ether oxygens (including phenoxy) is 2. The Labute approximate surface area is 117 Å². The number of rotatable bonds is 5. The van der Waals surface area contributed by atoms with Crippen molar-refractivity contribution in [3.8, 4) is 11.5 Å². The van der Waals surface area contributed by atoms with E-state index in [-0.39, 0.29) is 6.04 Å². The molecular formula is C14H16ClNO3. The third kappa shape index (κ3) is 2.55. The van der Waals surface area contributed by atoms with Crippen molar-refractivity contribution in [3.05, 3.63) is 46.9 Å². The predicted octanol–water partition coefficient (Wildman–Crippen LogP) is 3.26. The van der Waals surface area contributed by atoms with Crippen LogP contribution in [0.2, 0.25) is 5.02 Å². The molecule has 1 aromatic heterocycles. The maximum Gasteiger partial charge on any atom is 0.146 e. The highest BCUT2D eigenvalue weighted by Crippen LogP contribution is 2.40. The molecule has 0 bridgehead atoms. The summed E-state index contributed by atoms with van der Waals surface area (Å²) in [4.78, 5) is 0. The molecule has 1 unspecified atom stereocenters. The van der Waals surface area contributed by atoms with Gasteiger partial charge in [-0.05, 0) is 31.3 Å². The summed E-state index contributed by atoms with van der Waals surface area (Å²) in [5.41, 5.74) is 0.894. The lowest BCUT2D eigenvalue weighted by Crippen LogP contribution is -2.18. The summed E-state index contributed by atoms with van der Waals surface area (Å²) in [6.07, 6.45) is 1.64. The summed E-state index contributed by atoms with van der Waals surface area (Å²) in [6, 6.07) is 7.34. The van der Waals surface area contributed by atoms with Crippen LogP contribution in [0.5, 0.6) is 11.5 Å². The molecule has 2 rings (SSSR count). The van der Waals surface area contributed by atoms with Crippen molar-refractivity contribution in [1.29, 1.82) is 0 Å². The average molecular weight is 282 g/mol. The second kappa shape index (κ2) is 5.99. The van der Waals surface area contributed by atoms with E-state index < -0.39 is 0 Å². The number of hydrogen-bond donors (Lipinski definition) is 1. The molecule has 1 aromatic carbocycles. The smallest absolute Gasteiger partial charge is 0.146 e. The first-order valence-corrected chi connectivity index (χ1v) is 6.21. The van der Waals surface area contributed by atoms with Crippen LogP contribution in [0, 0.1) is 0 Å². The molecule has 1 heterocycles. The van der Waals surface area contributed by atoms with Crippen LogP contribution in [-0.2, 0) is 0 Å². The maximum atomic E-state index is 6.27. The normalized spacial score (nSPS) is 12.2. The number of furan rings is 1. The summed E-state index contributed by atoms with van der Waals surface area (Å²) < 4.78 is 16.0. The molecular weight excluding hydrogens is 266 g/mol. The van der Waals surface area contributed by atoms with Gasteiger partial charge in [0.05, 0.1) is 26.5 Å². The molecule has 1 N–H and O–H groups in total. The van der Waals surface area contributed by atoms with Crippen LogP contribution in [0.4, 0.5) is 0 Å². The van der Waals surface area contributed by atoms with E-state index in [1.165, 1.54) is 0 Å². The van der Waals surface area contributed by atoms with Crippen LogP contribution < -0.4 is 14.8 Å². The minimum Gasteiger partial charge on any atom is -0.495 e. The van der Waals surface area contributed by atoms with Crippen molar-refractivity contribution in [2.24, 2.45) is 0 Å². The van der Waals surface area contributed by atoms with Gasteiger partial charge >= 0.3 is 0 Å². The molecule has 0 aliphatic heterocycles. The average Bonchev–Trinajstić information content (AvgIpc) is 2.94. The highest BCUT2D eigenvalue weighted by Gasteiger charge is 2.22. The van der Waals surface area contributed by atoms with Gasteiger partial charge in [-0.15, -0.1) is 0 Å². The first-order valence-electron chi connectivity index (χ1n) is 5.84. The lowest BCUT2D eigenvalue weighted by molar-refractivity contribution is 0.383. The lowest BCUT2D eigenvalue weighted by Gasteiger charge is -2.19. The van der Waals surface area contributed by atoms with Gasteiger partial charge in [0, 0.05) is 5.56 Å². The standard InChI is InChI=1S/C14H16ClNO3/c1-16-13(11-5-4-8-19-11)9-6-7-10(17-2)12(15)14(9)18-3/h4-8,13,16H,1-3H3. The molecule has 0 saturated carbocycles. The molecule has 0 radical (unpaired) electrons. The van der Waals surface area contributed by atoms with Gasteiger partial charge < -0.3 is 19.2 Å². The molecule has 0 spiro atoms. The molecule has 0 aliphatic carbocycles. The van der Waals surface area contributed by atoms with Crippen molar-refractivity contribution in [3.63, 3.8) is 0 Å². The Balaban J connectivity index is 2.52. The molecule has 2 aromatic rings. The van der Waals surface area contributed by atoms with E-state index >= 15 is 0 Å². The summed E-state index contributed by atoms with van der Waals surface area (Å²) in [7, 11) is 5.01. The van der Waals surface area contributed by atoms with E-state index in [1.807, 2.05) is 31.3 Å². The predicted molar refractivity (Wildman–Crippen MR) is 74.2 cm³/mol. The zero-order chi connectivity index (χ0) is 13.8. The largest absolute Gasteiger partial charge is 0.495 e. The SMILES string of the molecule is CNC(c1ccco1)c1ccc(OC)c(Cl)c1OC. The Morgan fingerprint density at radius 2 is 2.00 bits per heavy atom. The quantitative estimate of drug-likeness (QED) is 0.914. The van der Waals surface area contributed by atoms with E-state index in [0.29, 0.717) is 16.5 Å². The second-order valence-corrected chi connectivity index (χ2v) is 4.32. The van der Waals surface area contributed by atoms with Gasteiger partial charge in [-0.25, -0.2) is 0 Å². The van der Waals surface area contributed by atoms with E-state index in [1.54, 1.807) is 20.5 Å². The van der Waals surface area contributed by atoms with Crippen molar-refractivity contribution in [2.75, 3.05) is 21.3 Å². The molecule has 0 saturated heterocycles. The van der Waals surface area contributed by atoms with E-state index in [4.69, 9.17) is 25.5 Å². The summed E-state index contributed by atoms with van der Waals surface area (Å²) in [5, 5.41) is 3.64. The molecule has 0 amide bonds. The number of nitrogens with one attached hydrogen (secondary N) is 1. The number of halogens is 1. The topological polar surface area (TPSA) is 43.6 Å². The van der Waals surface area contributed by atoms with Gasteiger partial charge in [0.25, 0.3) is 0 Å². The Hall–Kier alpha value is -1.65. The van der Waals surface area contributed by atoms with Crippen molar-refractivity contribution in [2.45, 2.75) is 6.04 Å². The lowest BCUT2D eigenvalue weighted by atomic mass is 10.0. The van der Waals surface area contributed by atoms with Crippen LogP contribution in [0.3, 0.4) is 0 Å². The third-order valence-electron chi connectivity index (χ3n) is 2.94. The highest BCUT2D eigenvalue weighted by molar-refractivity contribution is 6.33. The molecule has 102 valence electrons. The second-order valence-electron chi connectivity index (χ2n) is 3.94. The number of benzene rings is 1. The van der Waals surface area contributed by atoms with Gasteiger partial charge in [-0.3, -0.25) is 0 Å². The van der Waals surface area contributed by atoms with Crippen LogP contribution in [0.25, 0.3) is 0 Å². The van der Waals surface area contributed by atoms with Crippen molar-refractivity contribution < 1.29 is 13.9 Å². The monoisotopic (exact) mass is 281 g/mol. The number of hydrogen-bond acceptors (Lipinski definition) is 4. The Morgan fingerprint density at radius 1 is 1.21 bits per heavy atom. The van der Waals surface area contributed by atoms with Crippen LogP contribution in [0.15, 0.2) is 34.9 Å². The molecule has 4 nitrogen and oxygen atoms in total. The fourth-order valence-corrected chi connectivity index (χ4v) is 2.38. The fourth-order valence-electron chi connectivity index (χ4n) is 2.05. The third-order valence-corrected chi connectivity index (χ3v) is 3.30. The minimum absolute atomic E-state index is 0.131. The zero-order valence-electron chi connectivity index (χ0n) is 11.1. The summed E-state index contributed by atoms with van der Waals surface area (Å²) in [5.74, 6) is 1.95. The van der Waals surface area contributed by atoms with Crippen molar-refractivity contribution >= 4 is 11.6 Å². The molecule has 1 atom stereocenters. The number of methoxy groups -OCH3 is 2. The van der Waals surface area contributed by atoms with E-state index in [0.717, 1.165) is 11.3 Å². The van der Waals surface area contributed by atoms with Gasteiger partial charge in [0.15, 0.2) is 0 Å². The van der Waals surface area contributed by atoms with E-state index in [2.05, 4.69) is 5.32 Å². The first kappa shape index (κ1) is 13.8. The summed E-state index contributed by atoms with van der Waals surface area (Å²) in [6.45, 7) is 0. The minimum atomic E-state index is -0.131. The Morgan fingerprint density at radius 3 is 2.53 bits per heavy atom. The zero-order valence-corrected chi connectivity index (χ0v) is 11.8. The molecule has 0 fully saturated rings. The Kier molecular flexibility index (Phi) is 4.35. The molecule has 0 aliphatic rings. The molecule has 19 heavy (non-hydrogen) atoms. The van der Waals surface area contributed by atoms with E-state index in [9.17, 15) is 0 Å².